The average molecular weight is 443 g/mol. The fourth-order valence-electron chi connectivity index (χ4n) is 2.31. The van der Waals surface area contributed by atoms with Gasteiger partial charge in [0.1, 0.15) is 5.75 Å². The Balaban J connectivity index is 1.76. The number of nitrogens with one attached hydrogen (secondary N) is 1. The largest absolute Gasteiger partial charge is 0.492 e. The predicted octanol–water partition coefficient (Wildman–Crippen LogP) is 5.34. The van der Waals surface area contributed by atoms with Crippen LogP contribution in [0.15, 0.2) is 39.3 Å². The first-order valence-electron chi connectivity index (χ1n) is 7.41. The Labute approximate surface area is 152 Å². The van der Waals surface area contributed by atoms with E-state index < -0.39 is 0 Å². The zero-order valence-electron chi connectivity index (χ0n) is 12.7. The summed E-state index contributed by atoms with van der Waals surface area (Å²) >= 11 is 7.11. The van der Waals surface area contributed by atoms with Crippen molar-refractivity contribution in [2.45, 2.75) is 19.9 Å². The van der Waals surface area contributed by atoms with Crippen LogP contribution in [0.5, 0.6) is 17.2 Å². The molecule has 0 radical (unpaired) electrons. The Kier molecular flexibility index (Phi) is 5.33. The third kappa shape index (κ3) is 3.93. The van der Waals surface area contributed by atoms with Crippen LogP contribution in [0, 0.1) is 0 Å². The lowest BCUT2D eigenvalue weighted by Gasteiger charge is -2.15. The number of halogens is 2. The zero-order chi connectivity index (χ0) is 16.2. The molecule has 122 valence electrons. The number of hydrogen-bond acceptors (Lipinski definition) is 4. The number of fused-ring (bicyclic) bond motifs is 1. The van der Waals surface area contributed by atoms with E-state index in [1.807, 2.05) is 24.3 Å². The second kappa shape index (κ2) is 7.45. The SMILES string of the molecule is CCCOc1c(Br)cc(Br)cc1CNc1ccc2c(c1)OCO2. The van der Waals surface area contributed by atoms with Crippen LogP contribution in [0.4, 0.5) is 5.69 Å². The van der Waals surface area contributed by atoms with E-state index in [1.165, 1.54) is 0 Å². The summed E-state index contributed by atoms with van der Waals surface area (Å²) in [5.41, 5.74) is 2.06. The molecule has 2 aromatic rings. The Hall–Kier alpha value is -1.40. The molecule has 0 aromatic heterocycles. The van der Waals surface area contributed by atoms with Crippen LogP contribution in [-0.2, 0) is 6.54 Å². The van der Waals surface area contributed by atoms with Gasteiger partial charge in [0, 0.05) is 28.3 Å². The van der Waals surface area contributed by atoms with E-state index in [1.54, 1.807) is 0 Å². The summed E-state index contributed by atoms with van der Waals surface area (Å²) in [4.78, 5) is 0. The van der Waals surface area contributed by atoms with E-state index in [9.17, 15) is 0 Å². The first kappa shape index (κ1) is 16.5. The van der Waals surface area contributed by atoms with Gasteiger partial charge in [-0.15, -0.1) is 0 Å². The van der Waals surface area contributed by atoms with Crippen LogP contribution in [-0.4, -0.2) is 13.4 Å². The van der Waals surface area contributed by atoms with Gasteiger partial charge in [-0.3, -0.25) is 0 Å². The van der Waals surface area contributed by atoms with Gasteiger partial charge in [0.05, 0.1) is 11.1 Å². The third-order valence-corrected chi connectivity index (χ3v) is 4.44. The first-order chi connectivity index (χ1) is 11.2. The van der Waals surface area contributed by atoms with Gasteiger partial charge >= 0.3 is 0 Å². The van der Waals surface area contributed by atoms with E-state index in [4.69, 9.17) is 14.2 Å². The van der Waals surface area contributed by atoms with Crippen molar-refractivity contribution in [2.75, 3.05) is 18.7 Å². The minimum Gasteiger partial charge on any atom is -0.492 e. The van der Waals surface area contributed by atoms with Gasteiger partial charge in [-0.25, -0.2) is 0 Å². The molecule has 2 aromatic carbocycles. The average Bonchev–Trinajstić information content (AvgIpc) is 2.99. The summed E-state index contributed by atoms with van der Waals surface area (Å²) in [7, 11) is 0. The Bertz CT molecular complexity index is 706. The lowest BCUT2D eigenvalue weighted by Crippen LogP contribution is -2.05. The minimum absolute atomic E-state index is 0.284. The summed E-state index contributed by atoms with van der Waals surface area (Å²) in [6.45, 7) is 3.72. The summed E-state index contributed by atoms with van der Waals surface area (Å²) < 4.78 is 18.6. The van der Waals surface area contributed by atoms with Crippen molar-refractivity contribution >= 4 is 37.5 Å². The maximum Gasteiger partial charge on any atom is 0.231 e. The van der Waals surface area contributed by atoms with Crippen molar-refractivity contribution in [3.8, 4) is 17.2 Å². The maximum absolute atomic E-state index is 5.88. The number of benzene rings is 2. The second-order valence-corrected chi connectivity index (χ2v) is 6.92. The van der Waals surface area contributed by atoms with E-state index >= 15 is 0 Å². The molecule has 1 aliphatic rings. The van der Waals surface area contributed by atoms with Crippen molar-refractivity contribution in [3.05, 3.63) is 44.8 Å². The Morgan fingerprint density at radius 3 is 2.78 bits per heavy atom. The highest BCUT2D eigenvalue weighted by molar-refractivity contribution is 9.11. The van der Waals surface area contributed by atoms with Crippen molar-refractivity contribution in [1.29, 1.82) is 0 Å². The lowest BCUT2D eigenvalue weighted by atomic mass is 10.2. The first-order valence-corrected chi connectivity index (χ1v) is 9.00. The summed E-state index contributed by atoms with van der Waals surface area (Å²) in [5, 5.41) is 3.40. The van der Waals surface area contributed by atoms with Gasteiger partial charge in [-0.2, -0.15) is 0 Å². The van der Waals surface area contributed by atoms with E-state index in [2.05, 4.69) is 50.2 Å². The number of rotatable bonds is 6. The third-order valence-electron chi connectivity index (χ3n) is 3.39. The van der Waals surface area contributed by atoms with Crippen LogP contribution >= 0.6 is 31.9 Å². The molecule has 0 spiro atoms. The predicted molar refractivity (Wildman–Crippen MR) is 97.5 cm³/mol. The van der Waals surface area contributed by atoms with Crippen molar-refractivity contribution in [1.82, 2.24) is 0 Å². The summed E-state index contributed by atoms with van der Waals surface area (Å²) in [5.74, 6) is 2.43. The highest BCUT2D eigenvalue weighted by atomic mass is 79.9. The number of ether oxygens (including phenoxy) is 3. The topological polar surface area (TPSA) is 39.7 Å². The number of hydrogen-bond donors (Lipinski definition) is 1. The fourth-order valence-corrected chi connectivity index (χ4v) is 3.74. The molecular formula is C17H17Br2NO3. The second-order valence-electron chi connectivity index (χ2n) is 5.15. The molecule has 1 aliphatic heterocycles. The molecule has 1 N–H and O–H groups in total. The molecule has 0 bridgehead atoms. The van der Waals surface area contributed by atoms with Crippen LogP contribution < -0.4 is 19.5 Å². The van der Waals surface area contributed by atoms with Crippen molar-refractivity contribution < 1.29 is 14.2 Å². The van der Waals surface area contributed by atoms with Crippen LogP contribution in [0.1, 0.15) is 18.9 Å². The smallest absolute Gasteiger partial charge is 0.231 e. The molecular weight excluding hydrogens is 426 g/mol. The molecule has 0 fully saturated rings. The van der Waals surface area contributed by atoms with E-state index in [0.717, 1.165) is 43.9 Å². The molecule has 0 amide bonds. The van der Waals surface area contributed by atoms with Gasteiger partial charge in [-0.05, 0) is 46.6 Å². The molecule has 0 unspecified atom stereocenters. The minimum atomic E-state index is 0.284. The van der Waals surface area contributed by atoms with Gasteiger partial charge < -0.3 is 19.5 Å². The lowest BCUT2D eigenvalue weighted by molar-refractivity contribution is 0.174. The van der Waals surface area contributed by atoms with Crippen molar-refractivity contribution in [2.24, 2.45) is 0 Å². The summed E-state index contributed by atoms with van der Waals surface area (Å²) in [6, 6.07) is 9.90. The molecule has 0 saturated heterocycles. The highest BCUT2D eigenvalue weighted by Crippen LogP contribution is 2.36. The molecule has 0 aliphatic carbocycles. The molecule has 6 heteroatoms. The molecule has 0 atom stereocenters. The Morgan fingerprint density at radius 1 is 1.13 bits per heavy atom. The zero-order valence-corrected chi connectivity index (χ0v) is 15.9. The molecule has 4 nitrogen and oxygen atoms in total. The quantitative estimate of drug-likeness (QED) is 0.655. The van der Waals surface area contributed by atoms with E-state index in [0.29, 0.717) is 13.2 Å². The van der Waals surface area contributed by atoms with Crippen LogP contribution in [0.25, 0.3) is 0 Å². The van der Waals surface area contributed by atoms with Gasteiger partial charge in [0.2, 0.25) is 6.79 Å². The molecule has 3 rings (SSSR count). The van der Waals surface area contributed by atoms with E-state index in [-0.39, 0.29) is 6.79 Å². The fraction of sp³-hybridized carbons (Fsp3) is 0.294. The Morgan fingerprint density at radius 2 is 1.96 bits per heavy atom. The number of anilines is 1. The standard InChI is InChI=1S/C17H17Br2NO3/c1-2-5-21-17-11(6-12(18)7-14(17)19)9-20-13-3-4-15-16(8-13)23-10-22-15/h3-4,6-8,20H,2,5,9-10H2,1H3. The van der Waals surface area contributed by atoms with Gasteiger partial charge in [0.25, 0.3) is 0 Å². The van der Waals surface area contributed by atoms with Crippen LogP contribution in [0.3, 0.4) is 0 Å². The molecule has 23 heavy (non-hydrogen) atoms. The summed E-state index contributed by atoms with van der Waals surface area (Å²) in [6.07, 6.45) is 0.970. The normalized spacial score (nSPS) is 12.3. The van der Waals surface area contributed by atoms with Gasteiger partial charge in [0.15, 0.2) is 11.5 Å². The van der Waals surface area contributed by atoms with Crippen molar-refractivity contribution in [3.63, 3.8) is 0 Å². The molecule has 0 saturated carbocycles. The molecule has 1 heterocycles. The van der Waals surface area contributed by atoms with Gasteiger partial charge in [-0.1, -0.05) is 22.9 Å². The maximum atomic E-state index is 5.88. The highest BCUT2D eigenvalue weighted by Gasteiger charge is 2.14. The monoisotopic (exact) mass is 441 g/mol. The van der Waals surface area contributed by atoms with Crippen LogP contribution in [0.2, 0.25) is 0 Å².